The average Bonchev–Trinajstić information content (AvgIpc) is 2.86. The lowest BCUT2D eigenvalue weighted by Crippen LogP contribution is -2.21. The molecule has 0 aliphatic heterocycles. The van der Waals surface area contributed by atoms with Crippen LogP contribution in [0.5, 0.6) is 0 Å². The highest BCUT2D eigenvalue weighted by molar-refractivity contribution is 5.79. The molecule has 212 valence electrons. The Hall–Kier alpha value is -1.32. The summed E-state index contributed by atoms with van der Waals surface area (Å²) in [4.78, 5) is 23.0. The number of unbranched alkanes of at least 4 members (excludes halogenated alkanes) is 19. The number of ether oxygens (including phenoxy) is 1. The van der Waals surface area contributed by atoms with E-state index in [1.165, 1.54) is 109 Å². The number of carbonyl (C=O) groups is 2. The van der Waals surface area contributed by atoms with Gasteiger partial charge in [0.05, 0.1) is 18.9 Å². The Morgan fingerprint density at radius 1 is 0.611 bits per heavy atom. The van der Waals surface area contributed by atoms with Crippen LogP contribution in [0.3, 0.4) is 0 Å². The molecule has 4 heteroatoms. The number of esters is 1. The molecular formula is C32H60O4. The van der Waals surface area contributed by atoms with Crippen LogP contribution in [0.25, 0.3) is 0 Å². The highest BCUT2D eigenvalue weighted by Crippen LogP contribution is 2.17. The fourth-order valence-electron chi connectivity index (χ4n) is 4.71. The quantitative estimate of drug-likeness (QED) is 0.0648. The molecule has 0 radical (unpaired) electrons. The first-order valence-corrected chi connectivity index (χ1v) is 15.6. The second kappa shape index (κ2) is 28.3. The summed E-state index contributed by atoms with van der Waals surface area (Å²) >= 11 is 0. The van der Waals surface area contributed by atoms with Crippen molar-refractivity contribution in [1.82, 2.24) is 0 Å². The van der Waals surface area contributed by atoms with Crippen molar-refractivity contribution >= 4 is 11.9 Å². The Balaban J connectivity index is 3.42. The predicted molar refractivity (Wildman–Crippen MR) is 153 cm³/mol. The number of carboxylic acids is 1. The fraction of sp³-hybridized carbons (Fsp3) is 0.875. The molecule has 0 fully saturated rings. The first-order chi connectivity index (χ1) is 17.6. The number of allylic oxidation sites excluding steroid dienone is 2. The Morgan fingerprint density at radius 3 is 1.44 bits per heavy atom. The predicted octanol–water partition coefficient (Wildman–Crippen LogP) is 10.2. The molecule has 0 spiro atoms. The summed E-state index contributed by atoms with van der Waals surface area (Å²) in [5.74, 6) is -1.78. The molecule has 0 aromatic rings. The lowest BCUT2D eigenvalue weighted by Gasteiger charge is -2.13. The first-order valence-electron chi connectivity index (χ1n) is 15.6. The summed E-state index contributed by atoms with van der Waals surface area (Å²) in [5.41, 5.74) is 0. The third kappa shape index (κ3) is 25.8. The lowest BCUT2D eigenvalue weighted by atomic mass is 9.97. The van der Waals surface area contributed by atoms with Gasteiger partial charge in [-0.3, -0.25) is 9.59 Å². The van der Waals surface area contributed by atoms with E-state index in [9.17, 15) is 9.59 Å². The van der Waals surface area contributed by atoms with Gasteiger partial charge in [-0.25, -0.2) is 0 Å². The SMILES string of the molecule is CCCCCCCCCCCCCCCCCC/C=C/CCCCCC(CC(=O)O)C(=O)OCCC. The highest BCUT2D eigenvalue weighted by atomic mass is 16.5. The van der Waals surface area contributed by atoms with E-state index in [1.807, 2.05) is 6.92 Å². The first kappa shape index (κ1) is 34.7. The van der Waals surface area contributed by atoms with Gasteiger partial charge in [-0.2, -0.15) is 0 Å². The smallest absolute Gasteiger partial charge is 0.309 e. The molecule has 1 atom stereocenters. The Kier molecular flexibility index (Phi) is 27.2. The molecular weight excluding hydrogens is 448 g/mol. The van der Waals surface area contributed by atoms with Crippen LogP contribution in [0, 0.1) is 5.92 Å². The van der Waals surface area contributed by atoms with Crippen LogP contribution in [-0.2, 0) is 14.3 Å². The lowest BCUT2D eigenvalue weighted by molar-refractivity contribution is -0.153. The molecule has 0 aromatic carbocycles. The number of rotatable bonds is 28. The van der Waals surface area contributed by atoms with Crippen molar-refractivity contribution in [1.29, 1.82) is 0 Å². The van der Waals surface area contributed by atoms with E-state index in [4.69, 9.17) is 9.84 Å². The van der Waals surface area contributed by atoms with Crippen molar-refractivity contribution in [3.8, 4) is 0 Å². The van der Waals surface area contributed by atoms with Crippen molar-refractivity contribution in [2.45, 2.75) is 168 Å². The molecule has 36 heavy (non-hydrogen) atoms. The highest BCUT2D eigenvalue weighted by Gasteiger charge is 2.22. The minimum absolute atomic E-state index is 0.123. The minimum Gasteiger partial charge on any atom is -0.481 e. The zero-order valence-electron chi connectivity index (χ0n) is 24.1. The zero-order chi connectivity index (χ0) is 26.5. The largest absolute Gasteiger partial charge is 0.481 e. The molecule has 0 amide bonds. The summed E-state index contributed by atoms with van der Waals surface area (Å²) in [6.07, 6.45) is 33.7. The van der Waals surface area contributed by atoms with Crippen molar-refractivity contribution in [3.05, 3.63) is 12.2 Å². The number of carbonyl (C=O) groups excluding carboxylic acids is 1. The van der Waals surface area contributed by atoms with Crippen LogP contribution >= 0.6 is 0 Å². The van der Waals surface area contributed by atoms with Crippen LogP contribution < -0.4 is 0 Å². The van der Waals surface area contributed by atoms with Crippen molar-refractivity contribution < 1.29 is 19.4 Å². The van der Waals surface area contributed by atoms with E-state index in [0.29, 0.717) is 13.0 Å². The number of hydrogen-bond donors (Lipinski definition) is 1. The molecule has 0 saturated heterocycles. The van der Waals surface area contributed by atoms with Gasteiger partial charge in [-0.1, -0.05) is 135 Å². The van der Waals surface area contributed by atoms with Crippen LogP contribution in [0.4, 0.5) is 0 Å². The number of carboxylic acid groups (broad SMARTS) is 1. The van der Waals surface area contributed by atoms with Gasteiger partial charge in [0, 0.05) is 0 Å². The molecule has 0 saturated carbocycles. The summed E-state index contributed by atoms with van der Waals surface area (Å²) < 4.78 is 5.14. The molecule has 0 aliphatic rings. The van der Waals surface area contributed by atoms with E-state index >= 15 is 0 Å². The summed E-state index contributed by atoms with van der Waals surface area (Å²) in [5, 5.41) is 9.02. The topological polar surface area (TPSA) is 63.6 Å². The maximum Gasteiger partial charge on any atom is 0.309 e. The molecule has 1 unspecified atom stereocenters. The van der Waals surface area contributed by atoms with Crippen LogP contribution in [0.15, 0.2) is 12.2 Å². The van der Waals surface area contributed by atoms with Crippen LogP contribution in [0.1, 0.15) is 168 Å². The second-order valence-corrected chi connectivity index (χ2v) is 10.7. The Morgan fingerprint density at radius 2 is 1.03 bits per heavy atom. The monoisotopic (exact) mass is 508 g/mol. The third-order valence-electron chi connectivity index (χ3n) is 7.02. The van der Waals surface area contributed by atoms with Crippen LogP contribution in [-0.4, -0.2) is 23.7 Å². The molecule has 1 N–H and O–H groups in total. The van der Waals surface area contributed by atoms with Gasteiger partial charge in [-0.05, 0) is 38.5 Å². The van der Waals surface area contributed by atoms with Crippen molar-refractivity contribution in [3.63, 3.8) is 0 Å². The maximum atomic E-state index is 12.0. The van der Waals surface area contributed by atoms with Crippen molar-refractivity contribution in [2.24, 2.45) is 5.92 Å². The van der Waals surface area contributed by atoms with E-state index in [-0.39, 0.29) is 12.4 Å². The standard InChI is InChI=1S/C32H60O4/c1-3-5-6-7-8-9-10-11-12-13-14-15-16-17-18-19-20-21-22-23-24-25-26-27-30(29-31(33)34)32(35)36-28-4-2/h21-22,30H,3-20,23-29H2,1-2H3,(H,33,34)/b22-21+. The van der Waals surface area contributed by atoms with E-state index in [0.717, 1.165) is 32.1 Å². The average molecular weight is 509 g/mol. The van der Waals surface area contributed by atoms with Crippen LogP contribution in [0.2, 0.25) is 0 Å². The second-order valence-electron chi connectivity index (χ2n) is 10.7. The van der Waals surface area contributed by atoms with Gasteiger partial charge >= 0.3 is 11.9 Å². The summed E-state index contributed by atoms with van der Waals surface area (Å²) in [7, 11) is 0. The minimum atomic E-state index is -0.925. The normalized spacial score (nSPS) is 12.3. The Labute approximate surface area is 224 Å². The van der Waals surface area contributed by atoms with Gasteiger partial charge in [0.15, 0.2) is 0 Å². The van der Waals surface area contributed by atoms with Gasteiger partial charge < -0.3 is 9.84 Å². The van der Waals surface area contributed by atoms with E-state index < -0.39 is 11.9 Å². The van der Waals surface area contributed by atoms with Gasteiger partial charge in [-0.15, -0.1) is 0 Å². The van der Waals surface area contributed by atoms with Crippen molar-refractivity contribution in [2.75, 3.05) is 6.61 Å². The molecule has 4 nitrogen and oxygen atoms in total. The third-order valence-corrected chi connectivity index (χ3v) is 7.02. The van der Waals surface area contributed by atoms with E-state index in [2.05, 4.69) is 19.1 Å². The fourth-order valence-corrected chi connectivity index (χ4v) is 4.71. The number of hydrogen-bond acceptors (Lipinski definition) is 3. The molecule has 0 heterocycles. The van der Waals surface area contributed by atoms with E-state index in [1.54, 1.807) is 0 Å². The molecule has 0 rings (SSSR count). The van der Waals surface area contributed by atoms with Gasteiger partial charge in [0.1, 0.15) is 0 Å². The number of aliphatic carboxylic acids is 1. The van der Waals surface area contributed by atoms with Gasteiger partial charge in [0.2, 0.25) is 0 Å². The molecule has 0 aliphatic carbocycles. The maximum absolute atomic E-state index is 12.0. The summed E-state index contributed by atoms with van der Waals surface area (Å²) in [6, 6.07) is 0. The Bertz CT molecular complexity index is 514. The summed E-state index contributed by atoms with van der Waals surface area (Å²) in [6.45, 7) is 4.60. The molecule has 0 aromatic heterocycles. The molecule has 0 bridgehead atoms. The van der Waals surface area contributed by atoms with Gasteiger partial charge in [0.25, 0.3) is 0 Å². The zero-order valence-corrected chi connectivity index (χ0v) is 24.1.